The first-order valence-electron chi connectivity index (χ1n) is 7.99. The molecular formula is C19H21FN2O3. The van der Waals surface area contributed by atoms with Gasteiger partial charge >= 0.3 is 0 Å². The van der Waals surface area contributed by atoms with Gasteiger partial charge in [0.25, 0.3) is 11.8 Å². The lowest BCUT2D eigenvalue weighted by Crippen LogP contribution is -2.49. The minimum Gasteiger partial charge on any atom is -0.340 e. The maximum atomic E-state index is 12.9. The second-order valence-electron chi connectivity index (χ2n) is 5.94. The van der Waals surface area contributed by atoms with Crippen molar-refractivity contribution < 1.29 is 18.8 Å². The molecule has 2 rings (SSSR count). The molecule has 0 aliphatic rings. The van der Waals surface area contributed by atoms with Crippen molar-refractivity contribution in [3.05, 3.63) is 71.5 Å². The summed E-state index contributed by atoms with van der Waals surface area (Å²) in [7, 11) is 0. The number of carbonyl (C=O) groups excluding carboxylic acids is 2. The van der Waals surface area contributed by atoms with Crippen LogP contribution in [0.2, 0.25) is 0 Å². The van der Waals surface area contributed by atoms with Crippen molar-refractivity contribution in [1.29, 1.82) is 0 Å². The number of hydrogen-bond acceptors (Lipinski definition) is 3. The molecule has 6 heteroatoms. The number of hydroxylamine groups is 1. The van der Waals surface area contributed by atoms with Crippen molar-refractivity contribution in [3.63, 3.8) is 0 Å². The molecule has 1 unspecified atom stereocenters. The highest BCUT2D eigenvalue weighted by molar-refractivity contribution is 5.97. The molecule has 0 fully saturated rings. The average Bonchev–Trinajstić information content (AvgIpc) is 2.60. The molecule has 132 valence electrons. The molecular weight excluding hydrogens is 323 g/mol. The largest absolute Gasteiger partial charge is 0.340 e. The Hall–Kier alpha value is -2.73. The fraction of sp³-hybridized carbons (Fsp3) is 0.263. The molecule has 2 amide bonds. The Morgan fingerprint density at radius 2 is 1.68 bits per heavy atom. The highest BCUT2D eigenvalue weighted by atomic mass is 19.1. The number of amides is 2. The summed E-state index contributed by atoms with van der Waals surface area (Å²) in [5, 5.41) is 2.65. The highest BCUT2D eigenvalue weighted by Gasteiger charge is 2.25. The van der Waals surface area contributed by atoms with Crippen molar-refractivity contribution in [2.24, 2.45) is 5.92 Å². The second kappa shape index (κ2) is 8.94. The first kappa shape index (κ1) is 18.6. The summed E-state index contributed by atoms with van der Waals surface area (Å²) in [4.78, 5) is 29.7. The Bertz CT molecular complexity index is 702. The molecule has 2 N–H and O–H groups in total. The van der Waals surface area contributed by atoms with Crippen molar-refractivity contribution in [3.8, 4) is 0 Å². The number of halogens is 1. The van der Waals surface area contributed by atoms with E-state index in [0.717, 1.165) is 5.56 Å². The van der Waals surface area contributed by atoms with Gasteiger partial charge in [-0.3, -0.25) is 14.4 Å². The molecule has 0 aliphatic heterocycles. The molecule has 0 spiro atoms. The molecule has 2 aromatic rings. The summed E-state index contributed by atoms with van der Waals surface area (Å²) < 4.78 is 12.9. The van der Waals surface area contributed by atoms with Crippen LogP contribution in [-0.4, -0.2) is 17.9 Å². The molecule has 0 aliphatic carbocycles. The minimum absolute atomic E-state index is 0.148. The molecule has 25 heavy (non-hydrogen) atoms. The molecule has 5 nitrogen and oxygen atoms in total. The molecule has 0 radical (unpaired) electrons. The number of benzene rings is 2. The van der Waals surface area contributed by atoms with E-state index in [1.165, 1.54) is 24.3 Å². The van der Waals surface area contributed by atoms with Gasteiger partial charge in [0.1, 0.15) is 11.9 Å². The summed E-state index contributed by atoms with van der Waals surface area (Å²) in [6.07, 6.45) is 0. The Labute approximate surface area is 146 Å². The topological polar surface area (TPSA) is 67.4 Å². The summed E-state index contributed by atoms with van der Waals surface area (Å²) in [6, 6.07) is 13.8. The molecule has 0 saturated heterocycles. The van der Waals surface area contributed by atoms with E-state index in [4.69, 9.17) is 4.84 Å². The lowest BCUT2D eigenvalue weighted by molar-refractivity contribution is -0.137. The molecule has 0 heterocycles. The molecule has 0 bridgehead atoms. The van der Waals surface area contributed by atoms with Gasteiger partial charge in [0.2, 0.25) is 0 Å². The van der Waals surface area contributed by atoms with E-state index in [0.29, 0.717) is 0 Å². The van der Waals surface area contributed by atoms with Crippen LogP contribution in [0.5, 0.6) is 0 Å². The summed E-state index contributed by atoms with van der Waals surface area (Å²) in [5.41, 5.74) is 3.56. The van der Waals surface area contributed by atoms with Gasteiger partial charge in [-0.25, -0.2) is 9.87 Å². The fourth-order valence-electron chi connectivity index (χ4n) is 2.19. The number of rotatable bonds is 7. The number of hydrogen-bond donors (Lipinski definition) is 2. The van der Waals surface area contributed by atoms with Crippen LogP contribution in [0.25, 0.3) is 0 Å². The summed E-state index contributed by atoms with van der Waals surface area (Å²) in [5.74, 6) is -1.47. The Morgan fingerprint density at radius 3 is 2.28 bits per heavy atom. The van der Waals surface area contributed by atoms with Gasteiger partial charge in [-0.15, -0.1) is 0 Å². The third-order valence-electron chi connectivity index (χ3n) is 3.60. The van der Waals surface area contributed by atoms with Crippen molar-refractivity contribution in [2.75, 3.05) is 0 Å². The lowest BCUT2D eigenvalue weighted by atomic mass is 10.0. The van der Waals surface area contributed by atoms with Crippen LogP contribution < -0.4 is 10.8 Å². The van der Waals surface area contributed by atoms with E-state index in [-0.39, 0.29) is 18.1 Å². The van der Waals surface area contributed by atoms with E-state index in [9.17, 15) is 14.0 Å². The van der Waals surface area contributed by atoms with E-state index in [1.807, 2.05) is 44.2 Å². The van der Waals surface area contributed by atoms with Crippen LogP contribution in [0.4, 0.5) is 4.39 Å². The number of nitrogens with one attached hydrogen (secondary N) is 2. The smallest absolute Gasteiger partial charge is 0.266 e. The van der Waals surface area contributed by atoms with E-state index >= 15 is 0 Å². The predicted molar refractivity (Wildman–Crippen MR) is 91.9 cm³/mol. The lowest BCUT2D eigenvalue weighted by Gasteiger charge is -2.21. The van der Waals surface area contributed by atoms with Gasteiger partial charge in [0.15, 0.2) is 0 Å². The van der Waals surface area contributed by atoms with Crippen molar-refractivity contribution in [2.45, 2.75) is 26.5 Å². The van der Waals surface area contributed by atoms with Crippen molar-refractivity contribution in [1.82, 2.24) is 10.8 Å². The zero-order valence-electron chi connectivity index (χ0n) is 14.2. The Balaban J connectivity index is 1.91. The highest BCUT2D eigenvalue weighted by Crippen LogP contribution is 2.07. The van der Waals surface area contributed by atoms with Gasteiger partial charge in [0, 0.05) is 5.56 Å². The monoisotopic (exact) mass is 344 g/mol. The predicted octanol–water partition coefficient (Wildman–Crippen LogP) is 2.83. The normalized spacial score (nSPS) is 11.8. The van der Waals surface area contributed by atoms with Crippen molar-refractivity contribution >= 4 is 11.8 Å². The van der Waals surface area contributed by atoms with Crippen LogP contribution >= 0.6 is 0 Å². The van der Waals surface area contributed by atoms with Crippen LogP contribution in [0.1, 0.15) is 29.8 Å². The minimum atomic E-state index is -0.770. The van der Waals surface area contributed by atoms with Crippen LogP contribution in [0, 0.1) is 11.7 Å². The third-order valence-corrected chi connectivity index (χ3v) is 3.60. The zero-order valence-corrected chi connectivity index (χ0v) is 14.2. The van der Waals surface area contributed by atoms with Crippen LogP contribution in [0.3, 0.4) is 0 Å². The first-order valence-corrected chi connectivity index (χ1v) is 7.99. The standard InChI is InChI=1S/C19H21FN2O3/c1-13(2)17(21-18(23)15-8-10-16(20)11-9-15)19(24)22-25-12-14-6-4-3-5-7-14/h3-11,13,17H,12H2,1-2H3,(H,21,23)(H,22,24). The molecule has 1 atom stereocenters. The fourth-order valence-corrected chi connectivity index (χ4v) is 2.19. The van der Waals surface area contributed by atoms with Gasteiger partial charge < -0.3 is 5.32 Å². The quantitative estimate of drug-likeness (QED) is 0.759. The average molecular weight is 344 g/mol. The first-order chi connectivity index (χ1) is 12.0. The van der Waals surface area contributed by atoms with E-state index in [1.54, 1.807) is 0 Å². The van der Waals surface area contributed by atoms with Crippen LogP contribution in [-0.2, 0) is 16.2 Å². The van der Waals surface area contributed by atoms with Gasteiger partial charge in [0.05, 0.1) is 6.61 Å². The Kier molecular flexibility index (Phi) is 6.65. The van der Waals surface area contributed by atoms with Gasteiger partial charge in [-0.1, -0.05) is 44.2 Å². The van der Waals surface area contributed by atoms with E-state index in [2.05, 4.69) is 10.8 Å². The maximum Gasteiger partial charge on any atom is 0.266 e. The van der Waals surface area contributed by atoms with Crippen LogP contribution in [0.15, 0.2) is 54.6 Å². The number of carbonyl (C=O) groups is 2. The molecule has 2 aromatic carbocycles. The SMILES string of the molecule is CC(C)C(NC(=O)c1ccc(F)cc1)C(=O)NOCc1ccccc1. The second-order valence-corrected chi connectivity index (χ2v) is 5.94. The Morgan fingerprint density at radius 1 is 1.04 bits per heavy atom. The summed E-state index contributed by atoms with van der Waals surface area (Å²) >= 11 is 0. The van der Waals surface area contributed by atoms with E-state index < -0.39 is 23.7 Å². The molecule has 0 saturated carbocycles. The molecule has 0 aromatic heterocycles. The maximum absolute atomic E-state index is 12.9. The van der Waals surface area contributed by atoms with Gasteiger partial charge in [-0.2, -0.15) is 0 Å². The third kappa shape index (κ3) is 5.69. The summed E-state index contributed by atoms with van der Waals surface area (Å²) in [6.45, 7) is 3.85. The zero-order chi connectivity index (χ0) is 18.2. The van der Waals surface area contributed by atoms with Gasteiger partial charge in [-0.05, 0) is 35.7 Å².